The van der Waals surface area contributed by atoms with Crippen molar-refractivity contribution in [3.63, 3.8) is 0 Å². The molecule has 2 atom stereocenters. The largest absolute Gasteiger partial charge is 0.496 e. The van der Waals surface area contributed by atoms with Crippen LogP contribution in [0.3, 0.4) is 0 Å². The fourth-order valence-corrected chi connectivity index (χ4v) is 3.79. The fraction of sp³-hybridized carbons (Fsp3) is 0.360. The van der Waals surface area contributed by atoms with E-state index in [1.54, 1.807) is 6.92 Å². The minimum Gasteiger partial charge on any atom is -0.496 e. The number of hydrogen-bond donors (Lipinski definition) is 3. The molecule has 3 rings (SSSR count). The highest BCUT2D eigenvalue weighted by molar-refractivity contribution is 6.00. The van der Waals surface area contributed by atoms with Crippen LogP contribution in [-0.4, -0.2) is 69.6 Å². The zero-order chi connectivity index (χ0) is 28.0. The van der Waals surface area contributed by atoms with E-state index >= 15 is 0 Å². The van der Waals surface area contributed by atoms with Crippen molar-refractivity contribution in [1.29, 1.82) is 0 Å². The number of hydrogen-bond acceptors (Lipinski definition) is 8. The van der Waals surface area contributed by atoms with Gasteiger partial charge in [-0.2, -0.15) is 0 Å². The Morgan fingerprint density at radius 1 is 1.18 bits per heavy atom. The number of carbonyl (C=O) groups is 4. The van der Waals surface area contributed by atoms with Crippen LogP contribution in [-0.2, 0) is 35.2 Å². The summed E-state index contributed by atoms with van der Waals surface area (Å²) in [7, 11) is 1.23. The van der Waals surface area contributed by atoms with Crippen LogP contribution in [0.15, 0.2) is 53.8 Å². The predicted molar refractivity (Wildman–Crippen MR) is 126 cm³/mol. The monoisotopic (exact) mass is 535 g/mol. The zero-order valence-corrected chi connectivity index (χ0v) is 20.6. The smallest absolute Gasteiger partial charge is 0.306 e. The lowest BCUT2D eigenvalue weighted by Gasteiger charge is -2.37. The number of ether oxygens (including phenoxy) is 2. The van der Waals surface area contributed by atoms with Crippen LogP contribution in [0.25, 0.3) is 0 Å². The summed E-state index contributed by atoms with van der Waals surface area (Å²) in [6.45, 7) is 1.39. The summed E-state index contributed by atoms with van der Waals surface area (Å²) in [5, 5.41) is 21.9. The van der Waals surface area contributed by atoms with Gasteiger partial charge in [0.05, 0.1) is 32.1 Å². The van der Waals surface area contributed by atoms with Crippen molar-refractivity contribution < 1.29 is 47.6 Å². The molecule has 204 valence electrons. The maximum Gasteiger partial charge on any atom is 0.306 e. The van der Waals surface area contributed by atoms with Gasteiger partial charge in [-0.25, -0.2) is 8.78 Å². The maximum absolute atomic E-state index is 13.9. The molecule has 0 fully saturated rings. The molecule has 2 amide bonds. The van der Waals surface area contributed by atoms with Gasteiger partial charge < -0.3 is 34.8 Å². The number of aliphatic hydroxyl groups is 1. The fourth-order valence-electron chi connectivity index (χ4n) is 3.79. The van der Waals surface area contributed by atoms with Gasteiger partial charge in [-0.15, -0.1) is 0 Å². The number of esters is 1. The molecule has 2 heterocycles. The summed E-state index contributed by atoms with van der Waals surface area (Å²) in [5.41, 5.74) is -0.159. The Hall–Kier alpha value is -4.26. The number of nitrogens with zero attached hydrogens (tertiary/aromatic N) is 2. The van der Waals surface area contributed by atoms with Crippen molar-refractivity contribution in [1.82, 2.24) is 15.1 Å². The number of carboxylic acids is 1. The van der Waals surface area contributed by atoms with Gasteiger partial charge in [-0.1, -0.05) is 6.07 Å². The summed E-state index contributed by atoms with van der Waals surface area (Å²) < 4.78 is 37.3. The van der Waals surface area contributed by atoms with Crippen LogP contribution < -0.4 is 5.32 Å². The van der Waals surface area contributed by atoms with Gasteiger partial charge in [-0.05, 0) is 13.0 Å². The van der Waals surface area contributed by atoms with E-state index in [4.69, 9.17) is 14.6 Å². The molecule has 11 nitrogen and oxygen atoms in total. The second-order valence-electron chi connectivity index (χ2n) is 8.49. The van der Waals surface area contributed by atoms with E-state index in [0.29, 0.717) is 6.07 Å². The number of methoxy groups -OCH3 is 1. The lowest BCUT2D eigenvalue weighted by molar-refractivity contribution is -0.148. The molecule has 0 saturated carbocycles. The second kappa shape index (κ2) is 12.3. The number of carboxylic acid groups (broad SMARTS) is 1. The lowest BCUT2D eigenvalue weighted by atomic mass is 10.0. The number of amides is 2. The molecule has 2 aliphatic heterocycles. The van der Waals surface area contributed by atoms with E-state index in [0.717, 1.165) is 6.07 Å². The van der Waals surface area contributed by atoms with Crippen LogP contribution in [0.4, 0.5) is 8.78 Å². The SMILES string of the molecule is COC1=C2C(=O)N([C@H](C)CCOC(=O)CCC(=O)O)C=CN2C=C(C(=O)NCc2ccc(F)cc2F)C1O. The van der Waals surface area contributed by atoms with Crippen molar-refractivity contribution in [2.45, 2.75) is 44.9 Å². The summed E-state index contributed by atoms with van der Waals surface area (Å²) in [4.78, 5) is 50.8. The molecule has 3 N–H and O–H groups in total. The first-order valence-electron chi connectivity index (χ1n) is 11.6. The van der Waals surface area contributed by atoms with Crippen molar-refractivity contribution >= 4 is 23.8 Å². The first kappa shape index (κ1) is 28.3. The Kier molecular flexibility index (Phi) is 9.18. The topological polar surface area (TPSA) is 146 Å². The number of halogens is 2. The van der Waals surface area contributed by atoms with Crippen molar-refractivity contribution in [2.24, 2.45) is 0 Å². The van der Waals surface area contributed by atoms with Gasteiger partial charge in [-0.3, -0.25) is 19.2 Å². The summed E-state index contributed by atoms with van der Waals surface area (Å²) >= 11 is 0. The minimum atomic E-state index is -1.60. The highest BCUT2D eigenvalue weighted by Crippen LogP contribution is 2.31. The van der Waals surface area contributed by atoms with E-state index < -0.39 is 47.5 Å². The molecule has 0 aliphatic carbocycles. The third kappa shape index (κ3) is 6.54. The quantitative estimate of drug-likeness (QED) is 0.359. The average Bonchev–Trinajstić information content (AvgIpc) is 2.86. The van der Waals surface area contributed by atoms with Crippen LogP contribution in [0.2, 0.25) is 0 Å². The van der Waals surface area contributed by atoms with Gasteiger partial charge in [0.15, 0.2) is 11.5 Å². The molecule has 1 aromatic carbocycles. The molecule has 0 radical (unpaired) electrons. The Balaban J connectivity index is 1.68. The van der Waals surface area contributed by atoms with E-state index in [1.165, 1.54) is 41.6 Å². The summed E-state index contributed by atoms with van der Waals surface area (Å²) in [6, 6.07) is 2.48. The van der Waals surface area contributed by atoms with Crippen molar-refractivity contribution in [3.05, 3.63) is 71.0 Å². The van der Waals surface area contributed by atoms with E-state index in [9.17, 15) is 33.1 Å². The Bertz CT molecular complexity index is 1210. The molecule has 0 spiro atoms. The number of nitrogens with one attached hydrogen (secondary N) is 1. The normalized spacial score (nSPS) is 17.6. The first-order valence-corrected chi connectivity index (χ1v) is 11.6. The number of rotatable bonds is 11. The van der Waals surface area contributed by atoms with Gasteiger partial charge >= 0.3 is 11.9 Å². The van der Waals surface area contributed by atoms with Crippen molar-refractivity contribution in [2.75, 3.05) is 13.7 Å². The molecule has 2 aliphatic rings. The zero-order valence-electron chi connectivity index (χ0n) is 20.6. The van der Waals surface area contributed by atoms with Crippen LogP contribution in [0.1, 0.15) is 31.7 Å². The minimum absolute atomic E-state index is 0.0334. The Labute approximate surface area is 216 Å². The highest BCUT2D eigenvalue weighted by Gasteiger charge is 2.39. The molecular formula is C25H27F2N3O8. The molecule has 0 aromatic heterocycles. The molecule has 1 aromatic rings. The van der Waals surface area contributed by atoms with E-state index in [2.05, 4.69) is 5.32 Å². The number of carbonyl (C=O) groups excluding carboxylic acids is 3. The van der Waals surface area contributed by atoms with Crippen LogP contribution >= 0.6 is 0 Å². The molecular weight excluding hydrogens is 508 g/mol. The summed E-state index contributed by atoms with van der Waals surface area (Å²) in [6.07, 6.45) is 2.22. The Morgan fingerprint density at radius 2 is 1.92 bits per heavy atom. The van der Waals surface area contributed by atoms with Crippen LogP contribution in [0, 0.1) is 11.6 Å². The van der Waals surface area contributed by atoms with Gasteiger partial charge in [0.2, 0.25) is 0 Å². The summed E-state index contributed by atoms with van der Waals surface area (Å²) in [5.74, 6) is -4.85. The van der Waals surface area contributed by atoms with Gasteiger partial charge in [0.25, 0.3) is 11.8 Å². The number of benzene rings is 1. The molecule has 0 bridgehead atoms. The third-order valence-electron chi connectivity index (χ3n) is 5.89. The van der Waals surface area contributed by atoms with Gasteiger partial charge in [0.1, 0.15) is 17.7 Å². The third-order valence-corrected chi connectivity index (χ3v) is 5.89. The molecule has 1 unspecified atom stereocenters. The highest BCUT2D eigenvalue weighted by atomic mass is 19.1. The molecule has 38 heavy (non-hydrogen) atoms. The number of aliphatic hydroxyl groups excluding tert-OH is 1. The number of fused-ring (bicyclic) bond motifs is 1. The standard InChI is InChI=1S/C25H27F2N3O8/c1-14(7-10-38-20(33)6-5-19(31)32)30-9-8-29-13-17(22(34)23(37-2)21(29)25(30)36)24(35)28-12-15-3-4-16(26)11-18(15)27/h3-4,8-9,11,13-14,22,34H,5-7,10,12H2,1-2H3,(H,28,35)(H,31,32)/t14-,22?/m1/s1. The van der Waals surface area contributed by atoms with E-state index in [1.807, 2.05) is 0 Å². The molecule has 13 heteroatoms. The lowest BCUT2D eigenvalue weighted by Crippen LogP contribution is -2.46. The van der Waals surface area contributed by atoms with Crippen LogP contribution in [0.5, 0.6) is 0 Å². The maximum atomic E-state index is 13.9. The first-order chi connectivity index (χ1) is 18.0. The average molecular weight is 536 g/mol. The van der Waals surface area contributed by atoms with Gasteiger partial charge in [0, 0.05) is 49.2 Å². The molecule has 0 saturated heterocycles. The Morgan fingerprint density at radius 3 is 2.58 bits per heavy atom. The van der Waals surface area contributed by atoms with Crippen molar-refractivity contribution in [3.8, 4) is 0 Å². The van der Waals surface area contributed by atoms with E-state index in [-0.39, 0.29) is 55.0 Å². The number of aliphatic carboxylic acids is 1. The second-order valence-corrected chi connectivity index (χ2v) is 8.49. The predicted octanol–water partition coefficient (Wildman–Crippen LogP) is 1.50.